The van der Waals surface area contributed by atoms with Gasteiger partial charge in [-0.15, -0.1) is 12.8 Å². The van der Waals surface area contributed by atoms with Crippen molar-refractivity contribution in [3.63, 3.8) is 0 Å². The minimum atomic E-state index is 0.107. The molecule has 0 unspecified atom stereocenters. The molecule has 0 saturated carbocycles. The molecule has 1 atom stereocenters. The van der Waals surface area contributed by atoms with Crippen LogP contribution < -0.4 is 5.73 Å². The number of rotatable bonds is 7. The maximum absolute atomic E-state index is 12.6. The summed E-state index contributed by atoms with van der Waals surface area (Å²) in [5.74, 6) is 0.110. The van der Waals surface area contributed by atoms with Crippen LogP contribution in [0.3, 0.4) is 0 Å². The van der Waals surface area contributed by atoms with Crippen molar-refractivity contribution in [2.45, 2.75) is 45.6 Å². The quantitative estimate of drug-likeness (QED) is 0.575. The minimum Gasteiger partial charge on any atom is -0.332 e. The first-order valence-electron chi connectivity index (χ1n) is 7.86. The number of terminal acetylenes is 1. The van der Waals surface area contributed by atoms with Gasteiger partial charge in [-0.2, -0.15) is 0 Å². The number of alkyl halides is 1. The molecule has 1 amide bonds. The van der Waals surface area contributed by atoms with Crippen LogP contribution in [0.25, 0.3) is 0 Å². The van der Waals surface area contributed by atoms with Crippen LogP contribution in [-0.2, 0) is 4.79 Å². The second-order valence-corrected chi connectivity index (χ2v) is 5.05. The molecule has 4 heteroatoms. The van der Waals surface area contributed by atoms with Gasteiger partial charge in [0.15, 0.2) is 0 Å². The van der Waals surface area contributed by atoms with Gasteiger partial charge in [0.2, 0.25) is 0 Å². The molecule has 0 saturated heterocycles. The normalized spacial score (nSPS) is 13.4. The summed E-state index contributed by atoms with van der Waals surface area (Å²) >= 11 is 0. The fraction of sp³-hybridized carbons (Fsp3) is 0.526. The van der Waals surface area contributed by atoms with Crippen molar-refractivity contribution in [1.29, 1.82) is 0 Å². The molecule has 130 valence electrons. The molecule has 1 aliphatic carbocycles. The molecule has 0 bridgehead atoms. The summed E-state index contributed by atoms with van der Waals surface area (Å²) in [7, 11) is 0.500. The minimum absolute atomic E-state index is 0.107. The van der Waals surface area contributed by atoms with E-state index in [2.05, 4.69) is 32.4 Å². The summed E-state index contributed by atoms with van der Waals surface area (Å²) in [6.07, 6.45) is 17.7. The van der Waals surface area contributed by atoms with Crippen molar-refractivity contribution >= 4 is 5.91 Å². The molecule has 1 rings (SSSR count). The highest BCUT2D eigenvalue weighted by molar-refractivity contribution is 5.96. The molecule has 0 heterocycles. The monoisotopic (exact) mass is 322 g/mol. The molecule has 23 heavy (non-hydrogen) atoms. The summed E-state index contributed by atoms with van der Waals surface area (Å²) in [6, 6.07) is 0.107. The zero-order valence-corrected chi connectivity index (χ0v) is 14.7. The number of halogens is 1. The SMILES string of the molecule is C#C.C=C(C)[C@@H](CC)N(CCCN)C(=O)C1=CCCC=C1.CF. The van der Waals surface area contributed by atoms with Gasteiger partial charge in [0.05, 0.1) is 13.2 Å². The van der Waals surface area contributed by atoms with Gasteiger partial charge in [-0.1, -0.05) is 37.3 Å². The average Bonchev–Trinajstić information content (AvgIpc) is 2.62. The predicted octanol–water partition coefficient (Wildman–Crippen LogP) is 3.63. The summed E-state index contributed by atoms with van der Waals surface area (Å²) in [5.41, 5.74) is 7.43. The van der Waals surface area contributed by atoms with Crippen molar-refractivity contribution in [3.05, 3.63) is 36.0 Å². The Morgan fingerprint density at radius 3 is 2.43 bits per heavy atom. The van der Waals surface area contributed by atoms with E-state index in [4.69, 9.17) is 5.73 Å². The van der Waals surface area contributed by atoms with Gasteiger partial charge in [0.1, 0.15) is 0 Å². The third kappa shape index (κ3) is 8.37. The lowest BCUT2D eigenvalue weighted by molar-refractivity contribution is -0.128. The van der Waals surface area contributed by atoms with Gasteiger partial charge >= 0.3 is 0 Å². The zero-order chi connectivity index (χ0) is 18.3. The van der Waals surface area contributed by atoms with Gasteiger partial charge in [-0.3, -0.25) is 9.18 Å². The maximum atomic E-state index is 12.6. The molecule has 3 nitrogen and oxygen atoms in total. The van der Waals surface area contributed by atoms with Gasteiger partial charge in [-0.25, -0.2) is 0 Å². The van der Waals surface area contributed by atoms with E-state index in [0.717, 1.165) is 36.8 Å². The highest BCUT2D eigenvalue weighted by Gasteiger charge is 2.24. The van der Waals surface area contributed by atoms with Crippen LogP contribution in [0.2, 0.25) is 0 Å². The predicted molar refractivity (Wildman–Crippen MR) is 97.7 cm³/mol. The molecule has 0 aliphatic heterocycles. The van der Waals surface area contributed by atoms with Crippen LogP contribution in [0.5, 0.6) is 0 Å². The van der Waals surface area contributed by atoms with E-state index < -0.39 is 0 Å². The van der Waals surface area contributed by atoms with Crippen LogP contribution >= 0.6 is 0 Å². The molecular formula is C19H31FN2O. The second kappa shape index (κ2) is 15.1. The Labute approximate surface area is 141 Å². The number of nitrogens with zero attached hydrogens (tertiary/aromatic N) is 1. The first kappa shape index (κ1) is 23.4. The molecule has 1 aliphatic rings. The second-order valence-electron chi connectivity index (χ2n) is 5.05. The Morgan fingerprint density at radius 2 is 2.04 bits per heavy atom. The molecule has 0 fully saturated rings. The van der Waals surface area contributed by atoms with Crippen molar-refractivity contribution in [2.24, 2.45) is 5.73 Å². The smallest absolute Gasteiger partial charge is 0.254 e. The van der Waals surface area contributed by atoms with E-state index in [-0.39, 0.29) is 11.9 Å². The summed E-state index contributed by atoms with van der Waals surface area (Å²) in [5, 5.41) is 0. The summed E-state index contributed by atoms with van der Waals surface area (Å²) in [4.78, 5) is 14.6. The lowest BCUT2D eigenvalue weighted by Crippen LogP contribution is -2.42. The van der Waals surface area contributed by atoms with Gasteiger partial charge in [0.25, 0.3) is 5.91 Å². The Kier molecular flexibility index (Phi) is 15.3. The van der Waals surface area contributed by atoms with Crippen LogP contribution in [0.1, 0.15) is 39.5 Å². The van der Waals surface area contributed by atoms with Crippen molar-refractivity contribution in [2.75, 3.05) is 20.3 Å². The van der Waals surface area contributed by atoms with E-state index in [1.165, 1.54) is 0 Å². The summed E-state index contributed by atoms with van der Waals surface area (Å²) < 4.78 is 9.50. The number of nitrogens with two attached hydrogens (primary N) is 1. The fourth-order valence-corrected chi connectivity index (χ4v) is 2.43. The number of carbonyl (C=O) groups is 1. The van der Waals surface area contributed by atoms with E-state index in [1.54, 1.807) is 0 Å². The topological polar surface area (TPSA) is 46.3 Å². The summed E-state index contributed by atoms with van der Waals surface area (Å²) in [6.45, 7) is 9.40. The Bertz CT molecular complexity index is 424. The first-order valence-corrected chi connectivity index (χ1v) is 7.86. The van der Waals surface area contributed by atoms with Gasteiger partial charge < -0.3 is 10.6 Å². The average molecular weight is 322 g/mol. The number of allylic oxidation sites excluding steroid dienone is 2. The van der Waals surface area contributed by atoms with Crippen molar-refractivity contribution in [3.8, 4) is 12.8 Å². The largest absolute Gasteiger partial charge is 0.332 e. The highest BCUT2D eigenvalue weighted by atomic mass is 19.1. The third-order valence-electron chi connectivity index (χ3n) is 3.44. The number of hydrogen-bond donors (Lipinski definition) is 1. The lowest BCUT2D eigenvalue weighted by atomic mass is 10.0. The Balaban J connectivity index is 0. The highest BCUT2D eigenvalue weighted by Crippen LogP contribution is 2.19. The molecule has 0 aromatic heterocycles. The fourth-order valence-electron chi connectivity index (χ4n) is 2.43. The molecule has 0 radical (unpaired) electrons. The third-order valence-corrected chi connectivity index (χ3v) is 3.44. The van der Waals surface area contributed by atoms with Crippen molar-refractivity contribution in [1.82, 2.24) is 4.90 Å². The number of amides is 1. The van der Waals surface area contributed by atoms with Crippen molar-refractivity contribution < 1.29 is 9.18 Å². The van der Waals surface area contributed by atoms with E-state index in [1.807, 2.05) is 24.0 Å². The van der Waals surface area contributed by atoms with Crippen LogP contribution in [-0.4, -0.2) is 37.1 Å². The Hall–Kier alpha value is -1.86. The first-order chi connectivity index (χ1) is 11.1. The Morgan fingerprint density at radius 1 is 1.43 bits per heavy atom. The van der Waals surface area contributed by atoms with Gasteiger partial charge in [0, 0.05) is 12.1 Å². The van der Waals surface area contributed by atoms with Crippen LogP contribution in [0.15, 0.2) is 36.0 Å². The standard InChI is InChI=1S/C16H26N2O.C2H2.CH3F/c1-4-15(13(2)3)18(12-8-11-17)16(19)14-9-6-5-7-10-14;2*1-2/h6,9-10,15H,2,4-5,7-8,11-12,17H2,1,3H3;1-2H;1H3/t15-;;/m1../s1. The number of carbonyl (C=O) groups excluding carboxylic acids is 1. The molecule has 0 spiro atoms. The maximum Gasteiger partial charge on any atom is 0.254 e. The molecule has 0 aromatic rings. The van der Waals surface area contributed by atoms with Gasteiger partial charge in [-0.05, 0) is 39.2 Å². The van der Waals surface area contributed by atoms with E-state index in [0.29, 0.717) is 20.3 Å². The lowest BCUT2D eigenvalue weighted by Gasteiger charge is -2.32. The van der Waals surface area contributed by atoms with Crippen LogP contribution in [0.4, 0.5) is 4.39 Å². The zero-order valence-electron chi connectivity index (χ0n) is 14.7. The molecule has 2 N–H and O–H groups in total. The molecular weight excluding hydrogens is 291 g/mol. The van der Waals surface area contributed by atoms with E-state index in [9.17, 15) is 9.18 Å². The number of hydrogen-bond acceptors (Lipinski definition) is 2. The van der Waals surface area contributed by atoms with Crippen LogP contribution in [0, 0.1) is 12.8 Å². The van der Waals surface area contributed by atoms with E-state index >= 15 is 0 Å². The molecule has 0 aromatic carbocycles.